The second-order valence-corrected chi connectivity index (χ2v) is 7.45. The summed E-state index contributed by atoms with van der Waals surface area (Å²) in [6.45, 7) is 2.46. The van der Waals surface area contributed by atoms with Crippen LogP contribution >= 0.6 is 0 Å². The first-order valence-electron chi connectivity index (χ1n) is 9.34. The monoisotopic (exact) mass is 421 g/mol. The minimum atomic E-state index is -2.96. The number of carbonyl (C=O) groups is 2. The second kappa shape index (κ2) is 10.7. The number of Topliss-reactive ketones (excluding diaryl/α,β-unsaturated/α-hetero) is 1. The van der Waals surface area contributed by atoms with Crippen LogP contribution in [-0.2, 0) is 16.1 Å². The van der Waals surface area contributed by atoms with Crippen LogP contribution in [0.3, 0.4) is 0 Å². The third-order valence-electron chi connectivity index (χ3n) is 3.87. The van der Waals surface area contributed by atoms with Gasteiger partial charge >= 0.3 is 12.7 Å². The predicted octanol–water partition coefficient (Wildman–Crippen LogP) is 4.58. The molecule has 1 amide bonds. The Kier molecular flexibility index (Phi) is 8.29. The number of ether oxygens (including phenoxy) is 3. The van der Waals surface area contributed by atoms with Crippen LogP contribution in [0.4, 0.5) is 13.6 Å². The molecule has 2 aromatic rings. The number of ketones is 1. The van der Waals surface area contributed by atoms with Gasteiger partial charge in [0.05, 0.1) is 12.2 Å². The molecule has 0 bridgehead atoms. The molecular formula is C22H25F2NO5. The van der Waals surface area contributed by atoms with E-state index in [1.165, 1.54) is 24.3 Å². The van der Waals surface area contributed by atoms with Gasteiger partial charge in [-0.2, -0.15) is 8.78 Å². The van der Waals surface area contributed by atoms with E-state index in [0.29, 0.717) is 0 Å². The highest BCUT2D eigenvalue weighted by Gasteiger charge is 2.25. The number of carbonyl (C=O) groups excluding carboxylic acids is 2. The van der Waals surface area contributed by atoms with E-state index in [9.17, 15) is 18.4 Å². The zero-order chi connectivity index (χ0) is 22.1. The van der Waals surface area contributed by atoms with Crippen molar-refractivity contribution in [3.63, 3.8) is 0 Å². The Hall–Kier alpha value is -3.00. The molecule has 0 heterocycles. The van der Waals surface area contributed by atoms with Crippen molar-refractivity contribution < 1.29 is 32.6 Å². The fourth-order valence-corrected chi connectivity index (χ4v) is 2.43. The van der Waals surface area contributed by atoms with Gasteiger partial charge in [-0.15, -0.1) is 0 Å². The fraction of sp³-hybridized carbons (Fsp3) is 0.364. The van der Waals surface area contributed by atoms with Gasteiger partial charge in [0.15, 0.2) is 5.78 Å². The summed E-state index contributed by atoms with van der Waals surface area (Å²) in [5.41, 5.74) is 0.474. The molecule has 2 rings (SSSR count). The lowest BCUT2D eigenvalue weighted by Crippen LogP contribution is -2.45. The van der Waals surface area contributed by atoms with Crippen LogP contribution in [0.1, 0.15) is 36.7 Å². The number of amides is 1. The number of alkyl carbamates (subject to hydrolysis) is 1. The van der Waals surface area contributed by atoms with Crippen LogP contribution in [0.5, 0.6) is 5.75 Å². The number of hydrogen-bond donors (Lipinski definition) is 1. The summed E-state index contributed by atoms with van der Waals surface area (Å²) in [4.78, 5) is 25.1. The summed E-state index contributed by atoms with van der Waals surface area (Å²) in [5.74, 6) is -0.515. The van der Waals surface area contributed by atoms with Crippen molar-refractivity contribution in [3.8, 4) is 5.75 Å². The molecule has 1 atom stereocenters. The zero-order valence-corrected chi connectivity index (χ0v) is 17.1. The van der Waals surface area contributed by atoms with Crippen LogP contribution in [0.2, 0.25) is 0 Å². The van der Waals surface area contributed by atoms with E-state index in [4.69, 9.17) is 9.47 Å². The number of rotatable bonds is 9. The Morgan fingerprint density at radius 2 is 1.63 bits per heavy atom. The SMILES string of the molecule is CC(C)(C)OCC(NC(=O)OCc1ccccc1)C(=O)c1ccc(OC(F)F)cc1. The first kappa shape index (κ1) is 23.3. The van der Waals surface area contributed by atoms with E-state index in [1.54, 1.807) is 0 Å². The van der Waals surface area contributed by atoms with Gasteiger partial charge in [0.1, 0.15) is 18.4 Å². The van der Waals surface area contributed by atoms with E-state index in [-0.39, 0.29) is 24.5 Å². The van der Waals surface area contributed by atoms with Crippen LogP contribution in [0, 0.1) is 0 Å². The molecule has 30 heavy (non-hydrogen) atoms. The van der Waals surface area contributed by atoms with Crippen molar-refractivity contribution in [3.05, 3.63) is 65.7 Å². The van der Waals surface area contributed by atoms with Crippen LogP contribution in [-0.4, -0.2) is 36.7 Å². The van der Waals surface area contributed by atoms with Crippen molar-refractivity contribution in [1.82, 2.24) is 5.32 Å². The predicted molar refractivity (Wildman–Crippen MR) is 107 cm³/mol. The maximum absolute atomic E-state index is 12.9. The van der Waals surface area contributed by atoms with Gasteiger partial charge in [-0.05, 0) is 50.6 Å². The van der Waals surface area contributed by atoms with Gasteiger partial charge in [0.2, 0.25) is 0 Å². The first-order valence-corrected chi connectivity index (χ1v) is 9.34. The summed E-state index contributed by atoms with van der Waals surface area (Å²) >= 11 is 0. The number of benzene rings is 2. The molecule has 1 unspecified atom stereocenters. The quantitative estimate of drug-likeness (QED) is 0.600. The van der Waals surface area contributed by atoms with Crippen molar-refractivity contribution in [2.45, 2.75) is 45.6 Å². The lowest BCUT2D eigenvalue weighted by Gasteiger charge is -2.24. The van der Waals surface area contributed by atoms with E-state index in [1.807, 2.05) is 51.1 Å². The molecule has 0 fully saturated rings. The van der Waals surface area contributed by atoms with Gasteiger partial charge in [0, 0.05) is 5.56 Å². The molecule has 0 saturated carbocycles. The molecule has 162 valence electrons. The molecule has 0 aliphatic heterocycles. The number of halogens is 2. The highest BCUT2D eigenvalue weighted by molar-refractivity contribution is 6.01. The Morgan fingerprint density at radius 3 is 2.20 bits per heavy atom. The van der Waals surface area contributed by atoms with Crippen molar-refractivity contribution in [2.75, 3.05) is 6.61 Å². The summed E-state index contributed by atoms with van der Waals surface area (Å²) in [5, 5.41) is 2.52. The minimum Gasteiger partial charge on any atom is -0.445 e. The summed E-state index contributed by atoms with van der Waals surface area (Å²) in [7, 11) is 0. The molecule has 8 heteroatoms. The van der Waals surface area contributed by atoms with E-state index in [0.717, 1.165) is 5.56 Å². The number of nitrogens with one attached hydrogen (secondary N) is 1. The van der Waals surface area contributed by atoms with Gasteiger partial charge in [-0.3, -0.25) is 4.79 Å². The average molecular weight is 421 g/mol. The highest BCUT2D eigenvalue weighted by atomic mass is 19.3. The molecular weight excluding hydrogens is 396 g/mol. The Bertz CT molecular complexity index is 820. The first-order chi connectivity index (χ1) is 14.1. The van der Waals surface area contributed by atoms with Crippen molar-refractivity contribution in [2.24, 2.45) is 0 Å². The maximum atomic E-state index is 12.9. The van der Waals surface area contributed by atoms with E-state index < -0.39 is 30.1 Å². The molecule has 6 nitrogen and oxygen atoms in total. The third-order valence-corrected chi connectivity index (χ3v) is 3.87. The van der Waals surface area contributed by atoms with Crippen LogP contribution < -0.4 is 10.1 Å². The fourth-order valence-electron chi connectivity index (χ4n) is 2.43. The lowest BCUT2D eigenvalue weighted by molar-refractivity contribution is -0.0498. The smallest absolute Gasteiger partial charge is 0.408 e. The van der Waals surface area contributed by atoms with Crippen molar-refractivity contribution >= 4 is 11.9 Å². The Labute approximate surface area is 174 Å². The minimum absolute atomic E-state index is 0.0490. The molecule has 0 radical (unpaired) electrons. The maximum Gasteiger partial charge on any atom is 0.408 e. The molecule has 0 aliphatic carbocycles. The summed E-state index contributed by atoms with van der Waals surface area (Å²) in [6, 6.07) is 13.3. The molecule has 0 spiro atoms. The largest absolute Gasteiger partial charge is 0.445 e. The summed E-state index contributed by atoms with van der Waals surface area (Å²) in [6.07, 6.45) is -0.771. The van der Waals surface area contributed by atoms with Crippen molar-refractivity contribution in [1.29, 1.82) is 0 Å². The van der Waals surface area contributed by atoms with Gasteiger partial charge < -0.3 is 19.5 Å². The lowest BCUT2D eigenvalue weighted by atomic mass is 10.0. The highest BCUT2D eigenvalue weighted by Crippen LogP contribution is 2.17. The standard InChI is InChI=1S/C22H25F2NO5/c1-22(2,3)29-14-18(25-21(27)28-13-15-7-5-4-6-8-15)19(26)16-9-11-17(12-10-16)30-20(23)24/h4-12,18,20H,13-14H2,1-3H3,(H,25,27). The molecule has 0 aliphatic rings. The van der Waals surface area contributed by atoms with Crippen LogP contribution in [0.15, 0.2) is 54.6 Å². The third kappa shape index (κ3) is 8.16. The van der Waals surface area contributed by atoms with Gasteiger partial charge in [0.25, 0.3) is 0 Å². The van der Waals surface area contributed by atoms with Gasteiger partial charge in [-0.25, -0.2) is 4.79 Å². The Morgan fingerprint density at radius 1 is 1.00 bits per heavy atom. The van der Waals surface area contributed by atoms with Crippen LogP contribution in [0.25, 0.3) is 0 Å². The van der Waals surface area contributed by atoms with Gasteiger partial charge in [-0.1, -0.05) is 30.3 Å². The Balaban J connectivity index is 2.05. The number of hydrogen-bond acceptors (Lipinski definition) is 5. The molecule has 0 saturated heterocycles. The number of alkyl halides is 2. The zero-order valence-electron chi connectivity index (χ0n) is 17.1. The molecule has 0 aromatic heterocycles. The molecule has 2 aromatic carbocycles. The second-order valence-electron chi connectivity index (χ2n) is 7.45. The van der Waals surface area contributed by atoms with E-state index in [2.05, 4.69) is 10.1 Å². The molecule has 1 N–H and O–H groups in total. The average Bonchev–Trinajstić information content (AvgIpc) is 2.69. The normalized spacial score (nSPS) is 12.3. The topological polar surface area (TPSA) is 73.9 Å². The van der Waals surface area contributed by atoms with E-state index >= 15 is 0 Å². The summed E-state index contributed by atoms with van der Waals surface area (Å²) < 4.78 is 39.7.